The molecule has 3 rings (SSSR count). The van der Waals surface area contributed by atoms with Gasteiger partial charge < -0.3 is 20.2 Å². The molecule has 0 radical (unpaired) electrons. The maximum absolute atomic E-state index is 9.73. The van der Waals surface area contributed by atoms with Crippen molar-refractivity contribution in [2.45, 2.75) is 18.8 Å². The summed E-state index contributed by atoms with van der Waals surface area (Å²) in [6.07, 6.45) is 1.98. The van der Waals surface area contributed by atoms with E-state index in [2.05, 4.69) is 20.8 Å². The predicted octanol–water partition coefficient (Wildman–Crippen LogP) is 2.64. The summed E-state index contributed by atoms with van der Waals surface area (Å²) in [4.78, 5) is 0. The van der Waals surface area contributed by atoms with Crippen LogP contribution in [0.2, 0.25) is 5.02 Å². The van der Waals surface area contributed by atoms with Crippen molar-refractivity contribution >= 4 is 23.3 Å². The number of nitrogens with zero attached hydrogens (tertiary/aromatic N) is 2. The molecule has 1 saturated heterocycles. The Kier molecular flexibility index (Phi) is 3.75. The minimum absolute atomic E-state index is 0.0796. The molecule has 7 heteroatoms. The zero-order chi connectivity index (χ0) is 13.9. The number of nitrogens with one attached hydrogen (secondary N) is 2. The Morgan fingerprint density at radius 3 is 2.90 bits per heavy atom. The van der Waals surface area contributed by atoms with Gasteiger partial charge in [0, 0.05) is 10.9 Å². The maximum Gasteiger partial charge on any atom is 0.320 e. The lowest BCUT2D eigenvalue weighted by molar-refractivity contribution is 0.379. The van der Waals surface area contributed by atoms with Crippen molar-refractivity contribution in [2.24, 2.45) is 0 Å². The van der Waals surface area contributed by atoms with Crippen molar-refractivity contribution in [1.82, 2.24) is 15.5 Å². The number of aromatic hydroxyl groups is 1. The van der Waals surface area contributed by atoms with E-state index in [-0.39, 0.29) is 11.8 Å². The molecule has 0 bridgehead atoms. The van der Waals surface area contributed by atoms with Crippen LogP contribution in [-0.4, -0.2) is 28.4 Å². The first-order valence-electron chi connectivity index (χ1n) is 6.52. The van der Waals surface area contributed by atoms with E-state index < -0.39 is 0 Å². The zero-order valence-corrected chi connectivity index (χ0v) is 11.5. The second kappa shape index (κ2) is 5.68. The monoisotopic (exact) mass is 294 g/mol. The topological polar surface area (TPSA) is 83.2 Å². The third-order valence-corrected chi connectivity index (χ3v) is 3.56. The average molecular weight is 295 g/mol. The summed E-state index contributed by atoms with van der Waals surface area (Å²) >= 11 is 5.89. The quantitative estimate of drug-likeness (QED) is 0.755. The smallest absolute Gasteiger partial charge is 0.320 e. The third-order valence-electron chi connectivity index (χ3n) is 3.33. The Bertz CT molecular complexity index is 596. The van der Waals surface area contributed by atoms with E-state index in [0.29, 0.717) is 22.5 Å². The van der Waals surface area contributed by atoms with Gasteiger partial charge in [0.2, 0.25) is 5.89 Å². The highest BCUT2D eigenvalue weighted by Gasteiger charge is 2.21. The molecule has 0 atom stereocenters. The molecule has 0 spiro atoms. The molecule has 1 fully saturated rings. The standard InChI is InChI=1S/C13H15ClN4O2/c14-9-1-2-11(19)10(7-9)16-13-18-17-12(20-13)8-3-5-15-6-4-8/h1-2,7-8,15,19H,3-6H2,(H,16,18). The van der Waals surface area contributed by atoms with Gasteiger partial charge in [-0.15, -0.1) is 5.10 Å². The minimum Gasteiger partial charge on any atom is -0.506 e. The molecule has 0 amide bonds. The largest absolute Gasteiger partial charge is 0.506 e. The van der Waals surface area contributed by atoms with E-state index in [1.54, 1.807) is 12.1 Å². The Balaban J connectivity index is 1.75. The van der Waals surface area contributed by atoms with Gasteiger partial charge in [-0.2, -0.15) is 0 Å². The van der Waals surface area contributed by atoms with Crippen LogP contribution in [0.15, 0.2) is 22.6 Å². The fraction of sp³-hybridized carbons (Fsp3) is 0.385. The van der Waals surface area contributed by atoms with Crippen LogP contribution in [0.5, 0.6) is 5.75 Å². The van der Waals surface area contributed by atoms with E-state index in [1.165, 1.54) is 6.07 Å². The van der Waals surface area contributed by atoms with Crippen LogP contribution in [0, 0.1) is 0 Å². The number of halogens is 1. The lowest BCUT2D eigenvalue weighted by atomic mass is 9.98. The van der Waals surface area contributed by atoms with Gasteiger partial charge in [-0.1, -0.05) is 16.7 Å². The van der Waals surface area contributed by atoms with Crippen molar-refractivity contribution in [1.29, 1.82) is 0 Å². The molecule has 6 nitrogen and oxygen atoms in total. The molecule has 3 N–H and O–H groups in total. The molecule has 0 saturated carbocycles. The van der Waals surface area contributed by atoms with E-state index in [9.17, 15) is 5.11 Å². The fourth-order valence-electron chi connectivity index (χ4n) is 2.24. The molecule has 106 valence electrons. The first-order valence-corrected chi connectivity index (χ1v) is 6.90. The molecule has 1 aromatic carbocycles. The van der Waals surface area contributed by atoms with Gasteiger partial charge in [0.05, 0.1) is 5.69 Å². The van der Waals surface area contributed by atoms with Crippen molar-refractivity contribution in [3.8, 4) is 5.75 Å². The summed E-state index contributed by atoms with van der Waals surface area (Å²) in [6.45, 7) is 1.93. The number of rotatable bonds is 3. The molecule has 2 heterocycles. The summed E-state index contributed by atoms with van der Waals surface area (Å²) in [5.41, 5.74) is 0.443. The second-order valence-corrected chi connectivity index (χ2v) is 5.19. The van der Waals surface area contributed by atoms with E-state index in [4.69, 9.17) is 16.0 Å². The first kappa shape index (κ1) is 13.2. The predicted molar refractivity (Wildman–Crippen MR) is 75.5 cm³/mol. The summed E-state index contributed by atoms with van der Waals surface area (Å²) in [5, 5.41) is 24.4. The highest BCUT2D eigenvalue weighted by molar-refractivity contribution is 6.30. The van der Waals surface area contributed by atoms with Gasteiger partial charge in [-0.05, 0) is 44.1 Å². The summed E-state index contributed by atoms with van der Waals surface area (Å²) < 4.78 is 5.61. The van der Waals surface area contributed by atoms with Crippen LogP contribution in [0.25, 0.3) is 0 Å². The molecule has 1 aliphatic heterocycles. The Morgan fingerprint density at radius 1 is 1.30 bits per heavy atom. The highest BCUT2D eigenvalue weighted by Crippen LogP contribution is 2.30. The van der Waals surface area contributed by atoms with E-state index in [1.807, 2.05) is 0 Å². The third kappa shape index (κ3) is 2.86. The van der Waals surface area contributed by atoms with E-state index >= 15 is 0 Å². The summed E-state index contributed by atoms with van der Waals surface area (Å²) in [6, 6.07) is 4.98. The number of phenols is 1. The van der Waals surface area contributed by atoms with Gasteiger partial charge in [-0.3, -0.25) is 0 Å². The Hall–Kier alpha value is -1.79. The lowest BCUT2D eigenvalue weighted by Gasteiger charge is -2.18. The number of piperidine rings is 1. The van der Waals surface area contributed by atoms with Gasteiger partial charge in [0.15, 0.2) is 0 Å². The van der Waals surface area contributed by atoms with Crippen LogP contribution in [0.3, 0.4) is 0 Å². The van der Waals surface area contributed by atoms with Crippen LogP contribution in [0.4, 0.5) is 11.7 Å². The van der Waals surface area contributed by atoms with Crippen molar-refractivity contribution in [2.75, 3.05) is 18.4 Å². The number of hydrogen-bond donors (Lipinski definition) is 3. The first-order chi connectivity index (χ1) is 9.72. The summed E-state index contributed by atoms with van der Waals surface area (Å²) in [7, 11) is 0. The normalized spacial score (nSPS) is 16.2. The summed E-state index contributed by atoms with van der Waals surface area (Å²) in [5.74, 6) is 1.01. The molecule has 0 unspecified atom stereocenters. The van der Waals surface area contributed by atoms with Gasteiger partial charge >= 0.3 is 6.01 Å². The second-order valence-electron chi connectivity index (χ2n) is 4.76. The highest BCUT2D eigenvalue weighted by atomic mass is 35.5. The van der Waals surface area contributed by atoms with Crippen LogP contribution in [-0.2, 0) is 0 Å². The van der Waals surface area contributed by atoms with Gasteiger partial charge in [-0.25, -0.2) is 0 Å². The van der Waals surface area contributed by atoms with Crippen molar-refractivity contribution < 1.29 is 9.52 Å². The van der Waals surface area contributed by atoms with E-state index in [0.717, 1.165) is 25.9 Å². The average Bonchev–Trinajstić information content (AvgIpc) is 2.92. The van der Waals surface area contributed by atoms with Crippen LogP contribution in [0.1, 0.15) is 24.7 Å². The minimum atomic E-state index is 0.0796. The van der Waals surface area contributed by atoms with Gasteiger partial charge in [0.25, 0.3) is 0 Å². The number of aromatic nitrogens is 2. The molecular weight excluding hydrogens is 280 g/mol. The van der Waals surface area contributed by atoms with Crippen LogP contribution < -0.4 is 10.6 Å². The van der Waals surface area contributed by atoms with Gasteiger partial charge in [0.1, 0.15) is 5.75 Å². The molecule has 20 heavy (non-hydrogen) atoms. The van der Waals surface area contributed by atoms with Crippen LogP contribution >= 0.6 is 11.6 Å². The number of anilines is 2. The lowest BCUT2D eigenvalue weighted by Crippen LogP contribution is -2.26. The molecule has 1 aromatic heterocycles. The molecule has 2 aromatic rings. The zero-order valence-electron chi connectivity index (χ0n) is 10.8. The molecule has 0 aliphatic carbocycles. The maximum atomic E-state index is 9.73. The number of benzene rings is 1. The Labute approximate surface area is 121 Å². The van der Waals surface area contributed by atoms with Crippen molar-refractivity contribution in [3.63, 3.8) is 0 Å². The molecule has 1 aliphatic rings. The Morgan fingerprint density at radius 2 is 2.10 bits per heavy atom. The number of phenolic OH excluding ortho intramolecular Hbond substituents is 1. The number of hydrogen-bond acceptors (Lipinski definition) is 6. The van der Waals surface area contributed by atoms with Crippen molar-refractivity contribution in [3.05, 3.63) is 29.1 Å². The fourth-order valence-corrected chi connectivity index (χ4v) is 2.41. The SMILES string of the molecule is Oc1ccc(Cl)cc1Nc1nnc(C2CCNCC2)o1. The molecular formula is C13H15ClN4O2.